The van der Waals surface area contributed by atoms with E-state index in [1.807, 2.05) is 84.9 Å². The molecule has 1 N–H and O–H groups in total. The largest absolute Gasteiger partial charge is 0.481 e. The van der Waals surface area contributed by atoms with Crippen molar-refractivity contribution in [1.82, 2.24) is 10.1 Å². The second kappa shape index (κ2) is 12.1. The van der Waals surface area contributed by atoms with Crippen molar-refractivity contribution >= 4 is 23.4 Å². The lowest BCUT2D eigenvalue weighted by atomic mass is 9.86. The number of nitrogens with zero attached hydrogens (tertiary/aromatic N) is 2. The first-order valence-electron chi connectivity index (χ1n) is 13.7. The normalized spacial score (nSPS) is 12.2. The molecule has 1 aromatic heterocycles. The number of halogens is 1. The van der Waals surface area contributed by atoms with E-state index in [9.17, 15) is 14.7 Å². The molecule has 0 spiro atoms. The van der Waals surface area contributed by atoms with Gasteiger partial charge in [0.2, 0.25) is 5.82 Å². The zero-order valence-electron chi connectivity index (χ0n) is 23.7. The molecule has 5 rings (SSSR count). The van der Waals surface area contributed by atoms with Gasteiger partial charge in [0, 0.05) is 33.7 Å². The Bertz CT molecular complexity index is 1700. The Morgan fingerprint density at radius 1 is 0.833 bits per heavy atom. The average molecular weight is 579 g/mol. The van der Waals surface area contributed by atoms with Crippen LogP contribution in [0.5, 0.6) is 0 Å². The van der Waals surface area contributed by atoms with Crippen molar-refractivity contribution in [3.63, 3.8) is 0 Å². The van der Waals surface area contributed by atoms with E-state index >= 15 is 0 Å². The lowest BCUT2D eigenvalue weighted by Gasteiger charge is -2.19. The van der Waals surface area contributed by atoms with Crippen LogP contribution in [0.15, 0.2) is 102 Å². The minimum atomic E-state index is -0.998. The second-order valence-corrected chi connectivity index (χ2v) is 11.8. The lowest BCUT2D eigenvalue weighted by molar-refractivity contribution is -0.141. The molecule has 0 aliphatic heterocycles. The van der Waals surface area contributed by atoms with E-state index in [-0.39, 0.29) is 24.0 Å². The molecule has 0 saturated heterocycles. The van der Waals surface area contributed by atoms with Crippen LogP contribution in [0.4, 0.5) is 0 Å². The van der Waals surface area contributed by atoms with Crippen molar-refractivity contribution in [3.05, 3.63) is 119 Å². The number of aliphatic carboxylic acids is 1. The fourth-order valence-corrected chi connectivity index (χ4v) is 5.01. The van der Waals surface area contributed by atoms with Crippen LogP contribution < -0.4 is 0 Å². The first-order valence-corrected chi connectivity index (χ1v) is 14.1. The summed E-state index contributed by atoms with van der Waals surface area (Å²) >= 11 is 6.32. The summed E-state index contributed by atoms with van der Waals surface area (Å²) in [5, 5.41) is 14.6. The molecule has 5 aromatic rings. The number of hydrogen-bond acceptors (Lipinski definition) is 5. The summed E-state index contributed by atoms with van der Waals surface area (Å²) in [6, 6.07) is 30.1. The number of carboxylic acid groups (broad SMARTS) is 1. The van der Waals surface area contributed by atoms with Gasteiger partial charge in [-0.15, -0.1) is 0 Å². The molecule has 0 saturated carbocycles. The second-order valence-electron chi connectivity index (χ2n) is 11.4. The van der Waals surface area contributed by atoms with Crippen molar-refractivity contribution in [1.29, 1.82) is 0 Å². The van der Waals surface area contributed by atoms with Gasteiger partial charge in [-0.1, -0.05) is 116 Å². The van der Waals surface area contributed by atoms with E-state index in [4.69, 9.17) is 16.1 Å². The maximum Gasteiger partial charge on any atom is 0.307 e. The van der Waals surface area contributed by atoms with Crippen LogP contribution in [0.1, 0.15) is 48.7 Å². The molecule has 1 atom stereocenters. The van der Waals surface area contributed by atoms with Crippen LogP contribution in [0.3, 0.4) is 0 Å². The van der Waals surface area contributed by atoms with Crippen LogP contribution >= 0.6 is 11.6 Å². The molecule has 0 aliphatic carbocycles. The highest BCUT2D eigenvalue weighted by Crippen LogP contribution is 2.30. The Labute approximate surface area is 250 Å². The Balaban J connectivity index is 1.24. The van der Waals surface area contributed by atoms with E-state index in [0.29, 0.717) is 22.3 Å². The van der Waals surface area contributed by atoms with Crippen molar-refractivity contribution < 1.29 is 19.2 Å². The summed E-state index contributed by atoms with van der Waals surface area (Å²) < 4.78 is 5.51. The molecular formula is C35H31ClN2O4. The van der Waals surface area contributed by atoms with E-state index in [1.165, 1.54) is 0 Å². The van der Waals surface area contributed by atoms with Crippen LogP contribution in [0, 0.1) is 5.92 Å². The highest BCUT2D eigenvalue weighted by molar-refractivity contribution is 6.33. The molecule has 6 nitrogen and oxygen atoms in total. The van der Waals surface area contributed by atoms with Gasteiger partial charge in [0.25, 0.3) is 5.89 Å². The summed E-state index contributed by atoms with van der Waals surface area (Å²) in [5.41, 5.74) is 5.88. The number of Topliss-reactive ketones (excluding diaryl/α,β-unsaturated/α-hetero) is 1. The van der Waals surface area contributed by atoms with E-state index in [0.717, 1.165) is 33.4 Å². The minimum absolute atomic E-state index is 0.0240. The van der Waals surface area contributed by atoms with Gasteiger partial charge in [-0.2, -0.15) is 4.98 Å². The minimum Gasteiger partial charge on any atom is -0.481 e. The maximum atomic E-state index is 12.9. The average Bonchev–Trinajstić information content (AvgIpc) is 3.47. The van der Waals surface area contributed by atoms with Crippen molar-refractivity contribution in [3.8, 4) is 34.0 Å². The molecular weight excluding hydrogens is 548 g/mol. The van der Waals surface area contributed by atoms with Crippen molar-refractivity contribution in [2.24, 2.45) is 5.92 Å². The van der Waals surface area contributed by atoms with Crippen molar-refractivity contribution in [2.45, 2.75) is 39.0 Å². The quantitative estimate of drug-likeness (QED) is 0.176. The van der Waals surface area contributed by atoms with Crippen LogP contribution in [0.2, 0.25) is 5.02 Å². The Hall–Kier alpha value is -4.55. The van der Waals surface area contributed by atoms with E-state index < -0.39 is 11.9 Å². The topological polar surface area (TPSA) is 93.3 Å². The predicted molar refractivity (Wildman–Crippen MR) is 165 cm³/mol. The molecule has 0 bridgehead atoms. The number of carbonyl (C=O) groups excluding carboxylic acids is 1. The Morgan fingerprint density at radius 2 is 1.45 bits per heavy atom. The molecule has 4 aromatic carbocycles. The SMILES string of the molecule is CC(C)(C)c1ccc(C(=O)C[C@@H](Cc2ccc(-c3noc(-c4ccc(-c5ccccc5Cl)cc4)n3)cc2)C(=O)O)cc1. The number of aromatic nitrogens is 2. The summed E-state index contributed by atoms with van der Waals surface area (Å²) in [6.07, 6.45) is 0.159. The predicted octanol–water partition coefficient (Wildman–Crippen LogP) is 8.54. The fourth-order valence-electron chi connectivity index (χ4n) is 4.76. The maximum absolute atomic E-state index is 12.9. The zero-order chi connectivity index (χ0) is 29.9. The highest BCUT2D eigenvalue weighted by atomic mass is 35.5. The molecule has 7 heteroatoms. The summed E-state index contributed by atoms with van der Waals surface area (Å²) in [5.74, 6) is -1.20. The third kappa shape index (κ3) is 6.67. The lowest BCUT2D eigenvalue weighted by Crippen LogP contribution is -2.20. The molecule has 0 aliphatic rings. The number of carbonyl (C=O) groups is 2. The molecule has 0 radical (unpaired) electrons. The first kappa shape index (κ1) is 29.0. The van der Waals surface area contributed by atoms with Crippen LogP contribution in [-0.4, -0.2) is 27.0 Å². The summed E-state index contributed by atoms with van der Waals surface area (Å²) in [4.78, 5) is 29.4. The van der Waals surface area contributed by atoms with E-state index in [1.54, 1.807) is 12.1 Å². The monoisotopic (exact) mass is 578 g/mol. The number of carboxylic acids is 1. The van der Waals surface area contributed by atoms with Gasteiger partial charge < -0.3 is 9.63 Å². The van der Waals surface area contributed by atoms with Gasteiger partial charge in [-0.3, -0.25) is 9.59 Å². The first-order chi connectivity index (χ1) is 20.1. The Kier molecular flexibility index (Phi) is 8.36. The molecule has 42 heavy (non-hydrogen) atoms. The van der Waals surface area contributed by atoms with Gasteiger partial charge >= 0.3 is 5.97 Å². The van der Waals surface area contributed by atoms with Gasteiger partial charge in [-0.05, 0) is 46.7 Å². The van der Waals surface area contributed by atoms with Gasteiger partial charge in [0.1, 0.15) is 0 Å². The smallest absolute Gasteiger partial charge is 0.307 e. The van der Waals surface area contributed by atoms with Crippen LogP contribution in [-0.2, 0) is 16.6 Å². The molecule has 212 valence electrons. The number of hydrogen-bond donors (Lipinski definition) is 1. The number of benzene rings is 4. The molecule has 0 unspecified atom stereocenters. The van der Waals surface area contributed by atoms with Gasteiger partial charge in [0.15, 0.2) is 5.78 Å². The third-order valence-corrected chi connectivity index (χ3v) is 7.62. The van der Waals surface area contributed by atoms with Crippen LogP contribution in [0.25, 0.3) is 34.0 Å². The number of ketones is 1. The Morgan fingerprint density at radius 3 is 2.07 bits per heavy atom. The fraction of sp³-hybridized carbons (Fsp3) is 0.200. The van der Waals surface area contributed by atoms with Gasteiger partial charge in [0.05, 0.1) is 5.92 Å². The van der Waals surface area contributed by atoms with Crippen molar-refractivity contribution in [2.75, 3.05) is 0 Å². The van der Waals surface area contributed by atoms with Gasteiger partial charge in [-0.25, -0.2) is 0 Å². The zero-order valence-corrected chi connectivity index (χ0v) is 24.4. The highest BCUT2D eigenvalue weighted by Gasteiger charge is 2.23. The standard InChI is InChI=1S/C35H31ClN2O4/c1-35(2,3)28-18-16-24(17-19-28)31(39)21-27(34(40)41)20-22-8-10-25(11-9-22)32-37-33(42-38-32)26-14-12-23(13-15-26)29-6-4-5-7-30(29)36/h4-19,27H,20-21H2,1-3H3,(H,40,41)/t27-/m1/s1. The number of rotatable bonds is 9. The summed E-state index contributed by atoms with van der Waals surface area (Å²) in [7, 11) is 0. The molecule has 0 fully saturated rings. The molecule has 1 heterocycles. The summed E-state index contributed by atoms with van der Waals surface area (Å²) in [6.45, 7) is 6.32. The molecule has 0 amide bonds. The third-order valence-electron chi connectivity index (χ3n) is 7.29. The van der Waals surface area contributed by atoms with E-state index in [2.05, 4.69) is 30.9 Å².